The Balaban J connectivity index is 1.72. The van der Waals surface area contributed by atoms with E-state index in [-0.39, 0.29) is 0 Å². The fourth-order valence-electron chi connectivity index (χ4n) is 1.85. The molecule has 2 heteroatoms. The molecular formula is C13H19NO. The molecule has 0 aliphatic heterocycles. The first-order valence-electron chi connectivity index (χ1n) is 5.80. The summed E-state index contributed by atoms with van der Waals surface area (Å²) in [6, 6.07) is 8.06. The van der Waals surface area contributed by atoms with Crippen LogP contribution in [0.1, 0.15) is 31.2 Å². The van der Waals surface area contributed by atoms with Gasteiger partial charge in [0.05, 0.1) is 6.61 Å². The van der Waals surface area contributed by atoms with Crippen LogP contribution in [0.3, 0.4) is 0 Å². The minimum Gasteiger partial charge on any atom is -0.494 e. The molecule has 0 spiro atoms. The number of ether oxygens (including phenoxy) is 1. The predicted molar refractivity (Wildman–Crippen MR) is 61.8 cm³/mol. The fraction of sp³-hybridized carbons (Fsp3) is 0.538. The first kappa shape index (κ1) is 10.5. The molecule has 1 aliphatic rings. The highest BCUT2D eigenvalue weighted by molar-refractivity contribution is 5.26. The van der Waals surface area contributed by atoms with Gasteiger partial charge in [0.15, 0.2) is 0 Å². The Bertz CT molecular complexity index is 290. The lowest BCUT2D eigenvalue weighted by atomic mass is 9.83. The van der Waals surface area contributed by atoms with E-state index in [1.54, 1.807) is 0 Å². The van der Waals surface area contributed by atoms with Gasteiger partial charge in [0.2, 0.25) is 0 Å². The SMILES string of the molecule is NCc1ccc(OCCC2CCC2)cc1. The predicted octanol–water partition coefficient (Wildman–Crippen LogP) is 2.71. The third-order valence-corrected chi connectivity index (χ3v) is 3.18. The van der Waals surface area contributed by atoms with E-state index >= 15 is 0 Å². The number of benzene rings is 1. The Morgan fingerprint density at radius 3 is 2.47 bits per heavy atom. The van der Waals surface area contributed by atoms with E-state index in [0.717, 1.165) is 23.8 Å². The van der Waals surface area contributed by atoms with Gasteiger partial charge in [-0.3, -0.25) is 0 Å². The summed E-state index contributed by atoms with van der Waals surface area (Å²) in [4.78, 5) is 0. The zero-order chi connectivity index (χ0) is 10.5. The van der Waals surface area contributed by atoms with E-state index in [1.807, 2.05) is 24.3 Å². The fourth-order valence-corrected chi connectivity index (χ4v) is 1.85. The van der Waals surface area contributed by atoms with Crippen molar-refractivity contribution in [1.29, 1.82) is 0 Å². The largest absolute Gasteiger partial charge is 0.494 e. The van der Waals surface area contributed by atoms with E-state index in [0.29, 0.717) is 6.54 Å². The van der Waals surface area contributed by atoms with Crippen LogP contribution < -0.4 is 10.5 Å². The molecule has 15 heavy (non-hydrogen) atoms. The van der Waals surface area contributed by atoms with Crippen molar-refractivity contribution in [2.24, 2.45) is 11.7 Å². The monoisotopic (exact) mass is 205 g/mol. The summed E-state index contributed by atoms with van der Waals surface area (Å²) in [6.07, 6.45) is 5.42. The second-order valence-electron chi connectivity index (χ2n) is 4.28. The van der Waals surface area contributed by atoms with Crippen molar-refractivity contribution in [3.8, 4) is 5.75 Å². The molecule has 0 bridgehead atoms. The van der Waals surface area contributed by atoms with Crippen LogP contribution in [0.15, 0.2) is 24.3 Å². The minimum atomic E-state index is 0.600. The summed E-state index contributed by atoms with van der Waals surface area (Å²) in [6.45, 7) is 1.45. The molecule has 82 valence electrons. The van der Waals surface area contributed by atoms with Crippen molar-refractivity contribution in [3.05, 3.63) is 29.8 Å². The second kappa shape index (κ2) is 5.17. The maximum absolute atomic E-state index is 5.67. The highest BCUT2D eigenvalue weighted by Gasteiger charge is 2.16. The summed E-state index contributed by atoms with van der Waals surface area (Å²) in [7, 11) is 0. The molecule has 1 aromatic rings. The molecule has 1 saturated carbocycles. The Kier molecular flexibility index (Phi) is 3.62. The van der Waals surface area contributed by atoms with Crippen molar-refractivity contribution < 1.29 is 4.74 Å². The van der Waals surface area contributed by atoms with Crippen LogP contribution in [0.2, 0.25) is 0 Å². The first-order valence-corrected chi connectivity index (χ1v) is 5.80. The Morgan fingerprint density at radius 2 is 1.93 bits per heavy atom. The zero-order valence-corrected chi connectivity index (χ0v) is 9.11. The lowest BCUT2D eigenvalue weighted by molar-refractivity contribution is 0.222. The summed E-state index contributed by atoms with van der Waals surface area (Å²) in [5, 5.41) is 0. The normalized spacial score (nSPS) is 16.1. The quantitative estimate of drug-likeness (QED) is 0.802. The molecule has 0 atom stereocenters. The van der Waals surface area contributed by atoms with E-state index < -0.39 is 0 Å². The molecule has 0 saturated heterocycles. The summed E-state index contributed by atoms with van der Waals surface area (Å²) in [5.74, 6) is 1.89. The molecule has 0 amide bonds. The molecule has 0 radical (unpaired) electrons. The molecule has 2 nitrogen and oxygen atoms in total. The molecule has 0 aromatic heterocycles. The molecular weight excluding hydrogens is 186 g/mol. The summed E-state index contributed by atoms with van der Waals surface area (Å²) < 4.78 is 5.67. The molecule has 2 rings (SSSR count). The smallest absolute Gasteiger partial charge is 0.119 e. The molecule has 1 aromatic carbocycles. The number of hydrogen-bond donors (Lipinski definition) is 1. The van der Waals surface area contributed by atoms with Crippen LogP contribution in [0.5, 0.6) is 5.75 Å². The van der Waals surface area contributed by atoms with Gasteiger partial charge in [0.25, 0.3) is 0 Å². The Labute approximate surface area is 91.4 Å². The standard InChI is InChI=1S/C13H19NO/c14-10-12-4-6-13(7-5-12)15-9-8-11-2-1-3-11/h4-7,11H,1-3,8-10,14H2. The maximum atomic E-state index is 5.67. The zero-order valence-electron chi connectivity index (χ0n) is 9.11. The van der Waals surface area contributed by atoms with Crippen molar-refractivity contribution in [1.82, 2.24) is 0 Å². The average molecular weight is 205 g/mol. The van der Waals surface area contributed by atoms with Crippen LogP contribution >= 0.6 is 0 Å². The van der Waals surface area contributed by atoms with E-state index in [9.17, 15) is 0 Å². The van der Waals surface area contributed by atoms with E-state index in [2.05, 4.69) is 0 Å². The molecule has 0 heterocycles. The Morgan fingerprint density at radius 1 is 1.20 bits per heavy atom. The van der Waals surface area contributed by atoms with Gasteiger partial charge in [-0.1, -0.05) is 31.4 Å². The molecule has 2 N–H and O–H groups in total. The summed E-state index contributed by atoms with van der Waals surface area (Å²) >= 11 is 0. The van der Waals surface area contributed by atoms with Gasteiger partial charge < -0.3 is 10.5 Å². The summed E-state index contributed by atoms with van der Waals surface area (Å²) in [5.41, 5.74) is 6.68. The average Bonchev–Trinajstić information content (AvgIpc) is 2.23. The Hall–Kier alpha value is -1.02. The van der Waals surface area contributed by atoms with Crippen LogP contribution in [0.4, 0.5) is 0 Å². The van der Waals surface area contributed by atoms with Gasteiger partial charge in [-0.15, -0.1) is 0 Å². The van der Waals surface area contributed by atoms with Crippen molar-refractivity contribution in [2.45, 2.75) is 32.2 Å². The van der Waals surface area contributed by atoms with Gasteiger partial charge in [0.1, 0.15) is 5.75 Å². The van der Waals surface area contributed by atoms with E-state index in [1.165, 1.54) is 25.7 Å². The third kappa shape index (κ3) is 2.96. The molecule has 1 fully saturated rings. The third-order valence-electron chi connectivity index (χ3n) is 3.18. The van der Waals surface area contributed by atoms with Crippen molar-refractivity contribution in [2.75, 3.05) is 6.61 Å². The van der Waals surface area contributed by atoms with Gasteiger partial charge >= 0.3 is 0 Å². The number of hydrogen-bond acceptors (Lipinski definition) is 2. The highest BCUT2D eigenvalue weighted by Crippen LogP contribution is 2.29. The van der Waals surface area contributed by atoms with Crippen LogP contribution in [0.25, 0.3) is 0 Å². The highest BCUT2D eigenvalue weighted by atomic mass is 16.5. The number of nitrogens with two attached hydrogens (primary N) is 1. The lowest BCUT2D eigenvalue weighted by Crippen LogP contribution is -2.14. The van der Waals surface area contributed by atoms with E-state index in [4.69, 9.17) is 10.5 Å². The molecule has 0 unspecified atom stereocenters. The van der Waals surface area contributed by atoms with Gasteiger partial charge in [-0.25, -0.2) is 0 Å². The van der Waals surface area contributed by atoms with Gasteiger partial charge in [-0.2, -0.15) is 0 Å². The van der Waals surface area contributed by atoms with Crippen LogP contribution in [-0.4, -0.2) is 6.61 Å². The first-order chi connectivity index (χ1) is 7.38. The second-order valence-corrected chi connectivity index (χ2v) is 4.28. The molecule has 1 aliphatic carbocycles. The minimum absolute atomic E-state index is 0.600. The van der Waals surface area contributed by atoms with Crippen molar-refractivity contribution in [3.63, 3.8) is 0 Å². The van der Waals surface area contributed by atoms with Crippen molar-refractivity contribution >= 4 is 0 Å². The lowest BCUT2D eigenvalue weighted by Gasteiger charge is -2.24. The van der Waals surface area contributed by atoms with Crippen LogP contribution in [0, 0.1) is 5.92 Å². The number of rotatable bonds is 5. The van der Waals surface area contributed by atoms with Crippen LogP contribution in [-0.2, 0) is 6.54 Å². The maximum Gasteiger partial charge on any atom is 0.119 e. The topological polar surface area (TPSA) is 35.2 Å². The van der Waals surface area contributed by atoms with Gasteiger partial charge in [-0.05, 0) is 30.0 Å². The van der Waals surface area contributed by atoms with Gasteiger partial charge in [0, 0.05) is 6.54 Å².